The number of hydrogen-bond acceptors (Lipinski definition) is 3. The van der Waals surface area contributed by atoms with Crippen LogP contribution >= 0.6 is 15.9 Å². The molecule has 1 aromatic heterocycles. The second-order valence-corrected chi connectivity index (χ2v) is 5.54. The van der Waals surface area contributed by atoms with E-state index in [9.17, 15) is 0 Å². The van der Waals surface area contributed by atoms with Crippen molar-refractivity contribution in [3.05, 3.63) is 57.5 Å². The third kappa shape index (κ3) is 4.20. The van der Waals surface area contributed by atoms with E-state index < -0.39 is 0 Å². The molecule has 108 valence electrons. The molecule has 1 N–H and O–H groups in total. The number of rotatable bonds is 7. The van der Waals surface area contributed by atoms with Gasteiger partial charge in [0.2, 0.25) is 0 Å². The highest BCUT2D eigenvalue weighted by Crippen LogP contribution is 2.19. The van der Waals surface area contributed by atoms with Gasteiger partial charge in [0, 0.05) is 4.47 Å². The van der Waals surface area contributed by atoms with Gasteiger partial charge >= 0.3 is 0 Å². The summed E-state index contributed by atoms with van der Waals surface area (Å²) >= 11 is 3.52. The number of aryl methyl sites for hydroxylation is 1. The summed E-state index contributed by atoms with van der Waals surface area (Å²) in [6.07, 6.45) is 0. The average Bonchev–Trinajstić information content (AvgIpc) is 2.79. The van der Waals surface area contributed by atoms with Crippen LogP contribution in [0.3, 0.4) is 0 Å². The first kappa shape index (κ1) is 15.3. The molecule has 3 nitrogen and oxygen atoms in total. The van der Waals surface area contributed by atoms with Crippen molar-refractivity contribution >= 4 is 15.9 Å². The van der Waals surface area contributed by atoms with Gasteiger partial charge in [0.25, 0.3) is 0 Å². The van der Waals surface area contributed by atoms with Crippen LogP contribution in [0.25, 0.3) is 0 Å². The second-order valence-electron chi connectivity index (χ2n) is 4.68. The smallest absolute Gasteiger partial charge is 0.130 e. The topological polar surface area (TPSA) is 34.4 Å². The SMILES string of the molecule is CCNCc1oc(COCc2ccccc2Br)cc1C. The van der Waals surface area contributed by atoms with Gasteiger partial charge in [-0.3, -0.25) is 0 Å². The summed E-state index contributed by atoms with van der Waals surface area (Å²) in [5, 5.41) is 3.27. The first-order valence-electron chi connectivity index (χ1n) is 6.80. The lowest BCUT2D eigenvalue weighted by atomic mass is 10.2. The summed E-state index contributed by atoms with van der Waals surface area (Å²) in [4.78, 5) is 0. The van der Waals surface area contributed by atoms with E-state index >= 15 is 0 Å². The summed E-state index contributed by atoms with van der Waals surface area (Å²) in [5.74, 6) is 1.87. The molecule has 0 bridgehead atoms. The summed E-state index contributed by atoms with van der Waals surface area (Å²) < 4.78 is 12.6. The Hall–Kier alpha value is -1.10. The van der Waals surface area contributed by atoms with Crippen LogP contribution in [0.1, 0.15) is 29.6 Å². The van der Waals surface area contributed by atoms with Crippen molar-refractivity contribution in [2.45, 2.75) is 33.6 Å². The van der Waals surface area contributed by atoms with E-state index in [1.165, 1.54) is 5.56 Å². The van der Waals surface area contributed by atoms with Crippen LogP contribution in [0.15, 0.2) is 39.2 Å². The summed E-state index contributed by atoms with van der Waals surface area (Å²) in [6, 6.07) is 10.1. The van der Waals surface area contributed by atoms with Gasteiger partial charge in [0.1, 0.15) is 18.1 Å². The molecule has 0 spiro atoms. The number of furan rings is 1. The fourth-order valence-corrected chi connectivity index (χ4v) is 2.35. The first-order valence-corrected chi connectivity index (χ1v) is 7.60. The predicted molar refractivity (Wildman–Crippen MR) is 83.5 cm³/mol. The van der Waals surface area contributed by atoms with Crippen molar-refractivity contribution in [3.63, 3.8) is 0 Å². The van der Waals surface area contributed by atoms with Crippen LogP contribution < -0.4 is 5.32 Å². The maximum atomic E-state index is 5.79. The third-order valence-electron chi connectivity index (χ3n) is 3.07. The lowest BCUT2D eigenvalue weighted by molar-refractivity contribution is 0.0916. The molecule has 0 aliphatic heterocycles. The Labute approximate surface area is 128 Å². The molecule has 1 aromatic carbocycles. The third-order valence-corrected chi connectivity index (χ3v) is 3.84. The molecule has 0 unspecified atom stereocenters. The maximum Gasteiger partial charge on any atom is 0.130 e. The number of benzene rings is 1. The molecule has 0 saturated heterocycles. The molecule has 2 rings (SSSR count). The van der Waals surface area contributed by atoms with Gasteiger partial charge in [-0.15, -0.1) is 0 Å². The Morgan fingerprint density at radius 2 is 2.05 bits per heavy atom. The van der Waals surface area contributed by atoms with Gasteiger partial charge in [-0.05, 0) is 36.7 Å². The Morgan fingerprint density at radius 3 is 2.80 bits per heavy atom. The van der Waals surface area contributed by atoms with Crippen molar-refractivity contribution < 1.29 is 9.15 Å². The molecule has 0 fully saturated rings. The number of nitrogens with one attached hydrogen (secondary N) is 1. The van der Waals surface area contributed by atoms with Crippen LogP contribution in [0.2, 0.25) is 0 Å². The molecular formula is C16H20BrNO2. The van der Waals surface area contributed by atoms with E-state index in [0.29, 0.717) is 13.2 Å². The fourth-order valence-electron chi connectivity index (χ4n) is 1.95. The van der Waals surface area contributed by atoms with Crippen molar-refractivity contribution in [1.29, 1.82) is 0 Å². The van der Waals surface area contributed by atoms with E-state index in [4.69, 9.17) is 9.15 Å². The molecule has 0 saturated carbocycles. The van der Waals surface area contributed by atoms with Crippen LogP contribution in [0.4, 0.5) is 0 Å². The highest BCUT2D eigenvalue weighted by Gasteiger charge is 2.07. The molecule has 0 aliphatic rings. The van der Waals surface area contributed by atoms with Crippen LogP contribution in [-0.2, 0) is 24.5 Å². The van der Waals surface area contributed by atoms with E-state index in [-0.39, 0.29) is 0 Å². The van der Waals surface area contributed by atoms with Gasteiger partial charge in [-0.1, -0.05) is 41.1 Å². The molecule has 0 amide bonds. The largest absolute Gasteiger partial charge is 0.462 e. The van der Waals surface area contributed by atoms with Gasteiger partial charge < -0.3 is 14.5 Å². The van der Waals surface area contributed by atoms with Gasteiger partial charge in [0.15, 0.2) is 0 Å². The van der Waals surface area contributed by atoms with Gasteiger partial charge in [-0.2, -0.15) is 0 Å². The lowest BCUT2D eigenvalue weighted by Gasteiger charge is -2.04. The van der Waals surface area contributed by atoms with E-state index in [0.717, 1.165) is 34.6 Å². The summed E-state index contributed by atoms with van der Waals surface area (Å²) in [7, 11) is 0. The van der Waals surface area contributed by atoms with E-state index in [1.54, 1.807) is 0 Å². The highest BCUT2D eigenvalue weighted by atomic mass is 79.9. The normalized spacial score (nSPS) is 10.9. The minimum absolute atomic E-state index is 0.494. The summed E-state index contributed by atoms with van der Waals surface area (Å²) in [5.41, 5.74) is 2.31. The van der Waals surface area contributed by atoms with E-state index in [1.807, 2.05) is 30.3 Å². The molecule has 20 heavy (non-hydrogen) atoms. The maximum absolute atomic E-state index is 5.79. The van der Waals surface area contributed by atoms with Crippen LogP contribution in [-0.4, -0.2) is 6.54 Å². The minimum Gasteiger partial charge on any atom is -0.462 e. The molecule has 2 aromatic rings. The quantitative estimate of drug-likeness (QED) is 0.823. The molecule has 0 aliphatic carbocycles. The summed E-state index contributed by atoms with van der Waals surface area (Å²) in [6.45, 7) is 6.92. The monoisotopic (exact) mass is 337 g/mol. The Morgan fingerprint density at radius 1 is 1.25 bits per heavy atom. The zero-order valence-electron chi connectivity index (χ0n) is 11.9. The predicted octanol–water partition coefficient (Wildman–Crippen LogP) is 4.18. The Kier molecular flexibility index (Phi) is 5.83. The highest BCUT2D eigenvalue weighted by molar-refractivity contribution is 9.10. The second kappa shape index (κ2) is 7.62. The average molecular weight is 338 g/mol. The lowest BCUT2D eigenvalue weighted by Crippen LogP contribution is -2.11. The van der Waals surface area contributed by atoms with Crippen molar-refractivity contribution in [1.82, 2.24) is 5.32 Å². The molecule has 0 atom stereocenters. The van der Waals surface area contributed by atoms with Crippen LogP contribution in [0.5, 0.6) is 0 Å². The Balaban J connectivity index is 1.87. The van der Waals surface area contributed by atoms with Crippen molar-refractivity contribution in [2.24, 2.45) is 0 Å². The van der Waals surface area contributed by atoms with Crippen LogP contribution in [0, 0.1) is 6.92 Å². The molecule has 4 heteroatoms. The molecule has 1 heterocycles. The van der Waals surface area contributed by atoms with Gasteiger partial charge in [-0.25, -0.2) is 0 Å². The van der Waals surface area contributed by atoms with Crippen molar-refractivity contribution in [2.75, 3.05) is 6.54 Å². The standard InChI is InChI=1S/C16H20BrNO2/c1-3-18-9-16-12(2)8-14(20-16)11-19-10-13-6-4-5-7-15(13)17/h4-8,18H,3,9-11H2,1-2H3. The zero-order chi connectivity index (χ0) is 14.4. The Bertz CT molecular complexity index is 551. The molecular weight excluding hydrogens is 318 g/mol. The van der Waals surface area contributed by atoms with E-state index in [2.05, 4.69) is 35.1 Å². The minimum atomic E-state index is 0.494. The number of ether oxygens (including phenoxy) is 1. The first-order chi connectivity index (χ1) is 9.70. The van der Waals surface area contributed by atoms with Crippen molar-refractivity contribution in [3.8, 4) is 0 Å². The fraction of sp³-hybridized carbons (Fsp3) is 0.375. The number of hydrogen-bond donors (Lipinski definition) is 1. The number of halogens is 1. The molecule has 0 radical (unpaired) electrons. The zero-order valence-corrected chi connectivity index (χ0v) is 13.5. The van der Waals surface area contributed by atoms with Gasteiger partial charge in [0.05, 0.1) is 13.2 Å².